The summed E-state index contributed by atoms with van der Waals surface area (Å²) in [5, 5.41) is 0. The van der Waals surface area contributed by atoms with Crippen molar-refractivity contribution in [1.29, 1.82) is 0 Å². The molecule has 9 heavy (non-hydrogen) atoms. The van der Waals surface area contributed by atoms with Crippen molar-refractivity contribution in [2.75, 3.05) is 5.49 Å². The first-order valence-corrected chi connectivity index (χ1v) is 4.61. The number of hydrogen-bond acceptors (Lipinski definition) is 1. The van der Waals surface area contributed by atoms with E-state index < -0.39 is 0 Å². The predicted molar refractivity (Wildman–Crippen MR) is 46.9 cm³/mol. The van der Waals surface area contributed by atoms with E-state index in [1.54, 1.807) is 0 Å². The molecule has 1 rings (SSSR count). The minimum absolute atomic E-state index is 1.07. The normalized spacial score (nSPS) is 9.44. The van der Waals surface area contributed by atoms with Gasteiger partial charge in [0.2, 0.25) is 0 Å². The Morgan fingerprint density at radius 1 is 1.22 bits per heavy atom. The van der Waals surface area contributed by atoms with Crippen LogP contribution in [0.25, 0.3) is 0 Å². The third-order valence-electron chi connectivity index (χ3n) is 0.993. The van der Waals surface area contributed by atoms with Gasteiger partial charge in [-0.3, -0.25) is 0 Å². The number of thioether (sulfide) groups is 1. The Morgan fingerprint density at radius 2 is 1.89 bits per heavy atom. The Bertz CT molecular complexity index is 162. The van der Waals surface area contributed by atoms with Crippen LogP contribution in [0.4, 0.5) is 0 Å². The lowest BCUT2D eigenvalue weighted by Crippen LogP contribution is -1.66. The third kappa shape index (κ3) is 2.38. The Hall–Kier alpha value is 0. The van der Waals surface area contributed by atoms with Crippen molar-refractivity contribution in [3.63, 3.8) is 0 Å². The van der Waals surface area contributed by atoms with E-state index >= 15 is 0 Å². The maximum atomic E-state index is 2.69. The van der Waals surface area contributed by atoms with E-state index in [4.69, 9.17) is 0 Å². The van der Waals surface area contributed by atoms with Gasteiger partial charge in [0.05, 0.1) is 0 Å². The molecule has 0 amide bonds. The number of rotatable bonds is 2. The summed E-state index contributed by atoms with van der Waals surface area (Å²) in [5.41, 5.74) is 1.07. The molecule has 0 aliphatic carbocycles. The van der Waals surface area contributed by atoms with Crippen LogP contribution < -0.4 is 0 Å². The van der Waals surface area contributed by atoms with Crippen LogP contribution in [0.2, 0.25) is 0 Å². The lowest BCUT2D eigenvalue weighted by atomic mass is 10.4. The Labute approximate surface area is 62.2 Å². The van der Waals surface area contributed by atoms with Crippen molar-refractivity contribution in [3.8, 4) is 0 Å². The Kier molecular flexibility index (Phi) is 3.10. The van der Waals surface area contributed by atoms with Crippen molar-refractivity contribution in [2.45, 2.75) is 4.90 Å². The van der Waals surface area contributed by atoms with Gasteiger partial charge in [0.1, 0.15) is 0 Å². The average molecular weight is 156 g/mol. The van der Waals surface area contributed by atoms with Gasteiger partial charge in [-0.05, 0) is 12.1 Å². The van der Waals surface area contributed by atoms with Crippen molar-refractivity contribution >= 4 is 21.0 Å². The van der Waals surface area contributed by atoms with Crippen LogP contribution in [0.15, 0.2) is 35.2 Å². The first-order valence-electron chi connectivity index (χ1n) is 2.81. The molecule has 0 spiro atoms. The smallest absolute Gasteiger partial charge is 0.0126 e. The molecule has 1 unspecified atom stereocenters. The Balaban J connectivity index is 2.61. The summed E-state index contributed by atoms with van der Waals surface area (Å²) in [7, 11) is 2.69. The Morgan fingerprint density at radius 3 is 2.44 bits per heavy atom. The molecule has 1 atom stereocenters. The third-order valence-corrected chi connectivity index (χ3v) is 2.27. The van der Waals surface area contributed by atoms with Crippen molar-refractivity contribution in [3.05, 3.63) is 30.3 Å². The second-order valence-corrected chi connectivity index (χ2v) is 3.72. The second kappa shape index (κ2) is 3.92. The van der Waals surface area contributed by atoms with Crippen molar-refractivity contribution < 1.29 is 0 Å². The van der Waals surface area contributed by atoms with Gasteiger partial charge >= 0.3 is 0 Å². The molecule has 1 aromatic rings. The minimum atomic E-state index is 1.07. The molecular formula is C7H9PS. The fourth-order valence-electron chi connectivity index (χ4n) is 0.613. The predicted octanol–water partition coefficient (Wildman–Crippen LogP) is 2.61. The fourth-order valence-corrected chi connectivity index (χ4v) is 1.73. The summed E-state index contributed by atoms with van der Waals surface area (Å²) in [6, 6.07) is 10.4. The van der Waals surface area contributed by atoms with Gasteiger partial charge in [0.25, 0.3) is 0 Å². The van der Waals surface area contributed by atoms with Crippen LogP contribution >= 0.6 is 21.0 Å². The molecule has 0 nitrogen and oxygen atoms in total. The van der Waals surface area contributed by atoms with E-state index in [1.807, 2.05) is 17.8 Å². The molecule has 0 saturated heterocycles. The molecule has 1 aromatic carbocycles. The highest BCUT2D eigenvalue weighted by Crippen LogP contribution is 2.18. The molecule has 2 heteroatoms. The van der Waals surface area contributed by atoms with E-state index in [0.29, 0.717) is 0 Å². The average Bonchev–Trinajstić information content (AvgIpc) is 1.91. The molecule has 0 N–H and O–H groups in total. The maximum absolute atomic E-state index is 2.69. The number of hydrogen-bond donors (Lipinski definition) is 0. The molecule has 48 valence electrons. The molecule has 0 fully saturated rings. The zero-order valence-electron chi connectivity index (χ0n) is 5.08. The SMILES string of the molecule is PCSc1ccccc1. The van der Waals surface area contributed by atoms with Gasteiger partial charge in [0.15, 0.2) is 0 Å². The quantitative estimate of drug-likeness (QED) is 0.468. The zero-order chi connectivity index (χ0) is 6.53. The molecule has 0 saturated carbocycles. The number of benzene rings is 1. The summed E-state index contributed by atoms with van der Waals surface area (Å²) in [4.78, 5) is 1.34. The van der Waals surface area contributed by atoms with Crippen LogP contribution in [0.5, 0.6) is 0 Å². The first kappa shape index (κ1) is 7.11. The van der Waals surface area contributed by atoms with Crippen LogP contribution in [0.3, 0.4) is 0 Å². The second-order valence-electron chi connectivity index (χ2n) is 1.62. The molecule has 0 aromatic heterocycles. The van der Waals surface area contributed by atoms with Crippen LogP contribution in [-0.4, -0.2) is 5.49 Å². The fraction of sp³-hybridized carbons (Fsp3) is 0.143. The van der Waals surface area contributed by atoms with E-state index in [-0.39, 0.29) is 0 Å². The maximum Gasteiger partial charge on any atom is 0.0126 e. The van der Waals surface area contributed by atoms with Crippen molar-refractivity contribution in [1.82, 2.24) is 0 Å². The first-order chi connectivity index (χ1) is 4.43. The van der Waals surface area contributed by atoms with Crippen molar-refractivity contribution in [2.24, 2.45) is 0 Å². The monoisotopic (exact) mass is 156 g/mol. The van der Waals surface area contributed by atoms with Gasteiger partial charge in [-0.1, -0.05) is 18.2 Å². The van der Waals surface area contributed by atoms with E-state index in [0.717, 1.165) is 5.49 Å². The highest BCUT2D eigenvalue weighted by atomic mass is 32.2. The summed E-state index contributed by atoms with van der Waals surface area (Å²) >= 11 is 1.84. The van der Waals surface area contributed by atoms with Crippen LogP contribution in [0.1, 0.15) is 0 Å². The van der Waals surface area contributed by atoms with Crippen LogP contribution in [-0.2, 0) is 0 Å². The lowest BCUT2D eigenvalue weighted by Gasteiger charge is -1.93. The molecule has 0 aliphatic rings. The van der Waals surface area contributed by atoms with Gasteiger partial charge in [-0.25, -0.2) is 0 Å². The lowest BCUT2D eigenvalue weighted by molar-refractivity contribution is 1.47. The molecule has 0 bridgehead atoms. The van der Waals surface area contributed by atoms with E-state index in [2.05, 4.69) is 33.5 Å². The highest BCUT2D eigenvalue weighted by molar-refractivity contribution is 8.02. The van der Waals surface area contributed by atoms with E-state index in [1.165, 1.54) is 4.90 Å². The summed E-state index contributed by atoms with van der Waals surface area (Å²) in [6.45, 7) is 0. The summed E-state index contributed by atoms with van der Waals surface area (Å²) in [6.07, 6.45) is 0. The largest absolute Gasteiger partial charge is 0.127 e. The summed E-state index contributed by atoms with van der Waals surface area (Å²) < 4.78 is 0. The van der Waals surface area contributed by atoms with Gasteiger partial charge in [0, 0.05) is 10.4 Å². The molecule has 0 aliphatic heterocycles. The van der Waals surface area contributed by atoms with Gasteiger partial charge in [-0.15, -0.1) is 21.0 Å². The van der Waals surface area contributed by atoms with Gasteiger partial charge < -0.3 is 0 Å². The summed E-state index contributed by atoms with van der Waals surface area (Å²) in [5.74, 6) is 0. The minimum Gasteiger partial charge on any atom is -0.127 e. The molecule has 0 radical (unpaired) electrons. The molecule has 0 heterocycles. The van der Waals surface area contributed by atoms with E-state index in [9.17, 15) is 0 Å². The molecular weight excluding hydrogens is 147 g/mol. The standard InChI is InChI=1S/C7H9PS/c8-6-9-7-4-2-1-3-5-7/h1-5H,6,8H2. The van der Waals surface area contributed by atoms with Crippen LogP contribution in [0, 0.1) is 0 Å². The zero-order valence-corrected chi connectivity index (χ0v) is 7.05. The van der Waals surface area contributed by atoms with Gasteiger partial charge in [-0.2, -0.15) is 0 Å². The highest BCUT2D eigenvalue weighted by Gasteiger charge is 1.84. The topological polar surface area (TPSA) is 0 Å².